The summed E-state index contributed by atoms with van der Waals surface area (Å²) in [4.78, 5) is 25.5. The Labute approximate surface area is 128 Å². The van der Waals surface area contributed by atoms with E-state index < -0.39 is 5.97 Å². The number of hydrogen-bond donors (Lipinski definition) is 1. The van der Waals surface area contributed by atoms with Crippen LogP contribution in [-0.2, 0) is 4.79 Å². The van der Waals surface area contributed by atoms with Crippen LogP contribution in [0.1, 0.15) is 35.8 Å². The van der Waals surface area contributed by atoms with E-state index >= 15 is 0 Å². The smallest absolute Gasteiger partial charge is 0.352 e. The van der Waals surface area contributed by atoms with Gasteiger partial charge in [-0.25, -0.2) is 4.79 Å². The summed E-state index contributed by atoms with van der Waals surface area (Å²) in [6.45, 7) is 1.48. The highest BCUT2D eigenvalue weighted by atomic mass is 32.2. The standard InChI is InChI=1S/C15H20N2O3S/c18-14(11-5-9-21-10-11)16-7-3-12(4-8-16)17-6-1-2-13(17)15(19)20/h1-2,6,11-12H,3-5,7-10H2,(H,19,20). The molecule has 6 heteroatoms. The minimum absolute atomic E-state index is 0.188. The maximum absolute atomic E-state index is 12.4. The van der Waals surface area contributed by atoms with E-state index in [-0.39, 0.29) is 12.0 Å². The first kappa shape index (κ1) is 14.5. The minimum atomic E-state index is -0.888. The Bertz CT molecular complexity index is 529. The fourth-order valence-electron chi connectivity index (χ4n) is 3.25. The van der Waals surface area contributed by atoms with E-state index in [1.165, 1.54) is 0 Å². The average Bonchev–Trinajstić information content (AvgIpc) is 3.18. The van der Waals surface area contributed by atoms with E-state index in [1.807, 2.05) is 27.4 Å². The molecule has 0 spiro atoms. The lowest BCUT2D eigenvalue weighted by molar-refractivity contribution is -0.136. The molecule has 1 amide bonds. The van der Waals surface area contributed by atoms with E-state index in [0.29, 0.717) is 11.6 Å². The highest BCUT2D eigenvalue weighted by Gasteiger charge is 2.31. The molecule has 3 rings (SSSR count). The summed E-state index contributed by atoms with van der Waals surface area (Å²) >= 11 is 1.86. The monoisotopic (exact) mass is 308 g/mol. The number of carbonyl (C=O) groups is 2. The van der Waals surface area contributed by atoms with E-state index in [4.69, 9.17) is 0 Å². The molecular weight excluding hydrogens is 288 g/mol. The number of rotatable bonds is 3. The number of likely N-dealkylation sites (tertiary alicyclic amines) is 1. The molecule has 0 aromatic carbocycles. The summed E-state index contributed by atoms with van der Waals surface area (Å²) in [6.07, 6.45) is 4.50. The van der Waals surface area contributed by atoms with Gasteiger partial charge in [0.25, 0.3) is 0 Å². The molecular formula is C15H20N2O3S. The summed E-state index contributed by atoms with van der Waals surface area (Å²) in [5.74, 6) is 1.66. The van der Waals surface area contributed by atoms with Gasteiger partial charge in [-0.2, -0.15) is 11.8 Å². The van der Waals surface area contributed by atoms with Gasteiger partial charge >= 0.3 is 5.97 Å². The molecule has 2 fully saturated rings. The van der Waals surface area contributed by atoms with Gasteiger partial charge in [0, 0.05) is 37.0 Å². The summed E-state index contributed by atoms with van der Waals surface area (Å²) in [6, 6.07) is 3.60. The van der Waals surface area contributed by atoms with Crippen LogP contribution in [0, 0.1) is 5.92 Å². The number of aromatic nitrogens is 1. The van der Waals surface area contributed by atoms with Gasteiger partial charge in [-0.3, -0.25) is 4.79 Å². The topological polar surface area (TPSA) is 62.5 Å². The molecule has 2 saturated heterocycles. The molecule has 114 valence electrons. The Kier molecular flexibility index (Phi) is 4.24. The molecule has 0 bridgehead atoms. The maximum Gasteiger partial charge on any atom is 0.352 e. The number of carboxylic acids is 1. The molecule has 21 heavy (non-hydrogen) atoms. The minimum Gasteiger partial charge on any atom is -0.477 e. The summed E-state index contributed by atoms with van der Waals surface area (Å²) < 4.78 is 1.84. The zero-order valence-corrected chi connectivity index (χ0v) is 12.7. The molecule has 1 aromatic rings. The van der Waals surface area contributed by atoms with Crippen LogP contribution in [0.15, 0.2) is 18.3 Å². The molecule has 0 saturated carbocycles. The fraction of sp³-hybridized carbons (Fsp3) is 0.600. The fourth-order valence-corrected chi connectivity index (χ4v) is 4.46. The van der Waals surface area contributed by atoms with Gasteiger partial charge in [0.1, 0.15) is 5.69 Å². The van der Waals surface area contributed by atoms with Gasteiger partial charge in [-0.05, 0) is 37.1 Å². The second kappa shape index (κ2) is 6.13. The van der Waals surface area contributed by atoms with Crippen LogP contribution in [0.5, 0.6) is 0 Å². The number of carbonyl (C=O) groups excluding carboxylic acids is 1. The molecule has 1 atom stereocenters. The van der Waals surface area contributed by atoms with E-state index in [0.717, 1.165) is 43.9 Å². The van der Waals surface area contributed by atoms with Crippen LogP contribution < -0.4 is 0 Å². The van der Waals surface area contributed by atoms with Crippen molar-refractivity contribution in [3.05, 3.63) is 24.0 Å². The molecule has 1 unspecified atom stereocenters. The van der Waals surface area contributed by atoms with E-state index in [2.05, 4.69) is 0 Å². The number of thioether (sulfide) groups is 1. The molecule has 0 aliphatic carbocycles. The molecule has 2 aliphatic heterocycles. The van der Waals surface area contributed by atoms with Crippen LogP contribution >= 0.6 is 11.8 Å². The first-order chi connectivity index (χ1) is 10.2. The van der Waals surface area contributed by atoms with Crippen molar-refractivity contribution >= 4 is 23.6 Å². The number of nitrogens with zero attached hydrogens (tertiary/aromatic N) is 2. The lowest BCUT2D eigenvalue weighted by atomic mass is 10.0. The Morgan fingerprint density at radius 1 is 1.24 bits per heavy atom. The van der Waals surface area contributed by atoms with Crippen LogP contribution in [0.25, 0.3) is 0 Å². The quantitative estimate of drug-likeness (QED) is 0.929. The van der Waals surface area contributed by atoms with Crippen LogP contribution in [0.3, 0.4) is 0 Å². The number of amides is 1. The van der Waals surface area contributed by atoms with Crippen molar-refractivity contribution in [3.63, 3.8) is 0 Å². The largest absolute Gasteiger partial charge is 0.477 e. The normalized spacial score (nSPS) is 23.4. The van der Waals surface area contributed by atoms with Gasteiger partial charge < -0.3 is 14.6 Å². The Hall–Kier alpha value is -1.43. The van der Waals surface area contributed by atoms with Crippen molar-refractivity contribution in [1.29, 1.82) is 0 Å². The molecule has 3 heterocycles. The maximum atomic E-state index is 12.4. The second-order valence-electron chi connectivity index (χ2n) is 5.72. The summed E-state index contributed by atoms with van der Waals surface area (Å²) in [7, 11) is 0. The second-order valence-corrected chi connectivity index (χ2v) is 6.87. The van der Waals surface area contributed by atoms with Crippen molar-refractivity contribution in [2.24, 2.45) is 5.92 Å². The Morgan fingerprint density at radius 2 is 2.00 bits per heavy atom. The summed E-state index contributed by atoms with van der Waals surface area (Å²) in [5, 5.41) is 9.18. The average molecular weight is 308 g/mol. The number of piperidine rings is 1. The van der Waals surface area contributed by atoms with Crippen LogP contribution in [0.2, 0.25) is 0 Å². The van der Waals surface area contributed by atoms with Crippen LogP contribution in [0.4, 0.5) is 0 Å². The van der Waals surface area contributed by atoms with E-state index in [1.54, 1.807) is 12.1 Å². The third-order valence-electron chi connectivity index (χ3n) is 4.45. The number of aromatic carboxylic acids is 1. The molecule has 1 N–H and O–H groups in total. The number of hydrogen-bond acceptors (Lipinski definition) is 3. The van der Waals surface area contributed by atoms with Gasteiger partial charge in [0.05, 0.1) is 0 Å². The number of carboxylic acid groups (broad SMARTS) is 1. The molecule has 2 aliphatic rings. The third-order valence-corrected chi connectivity index (χ3v) is 5.61. The van der Waals surface area contributed by atoms with Gasteiger partial charge in [0.2, 0.25) is 5.91 Å². The Balaban J connectivity index is 1.61. The first-order valence-corrected chi connectivity index (χ1v) is 8.59. The SMILES string of the molecule is O=C(O)c1cccn1C1CCN(C(=O)C2CCSC2)CC1. The van der Waals surface area contributed by atoms with Crippen molar-refractivity contribution in [2.45, 2.75) is 25.3 Å². The van der Waals surface area contributed by atoms with Gasteiger partial charge in [-0.15, -0.1) is 0 Å². The zero-order chi connectivity index (χ0) is 14.8. The molecule has 1 aromatic heterocycles. The lowest BCUT2D eigenvalue weighted by Crippen LogP contribution is -2.42. The van der Waals surface area contributed by atoms with Crippen molar-refractivity contribution in [1.82, 2.24) is 9.47 Å². The van der Waals surface area contributed by atoms with Crippen molar-refractivity contribution < 1.29 is 14.7 Å². The predicted molar refractivity (Wildman–Crippen MR) is 81.7 cm³/mol. The third kappa shape index (κ3) is 2.95. The predicted octanol–water partition coefficient (Wildman–Crippen LogP) is 2.10. The van der Waals surface area contributed by atoms with Gasteiger partial charge in [-0.1, -0.05) is 0 Å². The lowest BCUT2D eigenvalue weighted by Gasteiger charge is -2.34. The van der Waals surface area contributed by atoms with Crippen molar-refractivity contribution in [3.8, 4) is 0 Å². The highest BCUT2D eigenvalue weighted by Crippen LogP contribution is 2.29. The van der Waals surface area contributed by atoms with Crippen molar-refractivity contribution in [2.75, 3.05) is 24.6 Å². The first-order valence-electron chi connectivity index (χ1n) is 7.43. The highest BCUT2D eigenvalue weighted by molar-refractivity contribution is 7.99. The van der Waals surface area contributed by atoms with Gasteiger partial charge in [0.15, 0.2) is 0 Å². The molecule has 0 radical (unpaired) electrons. The zero-order valence-electron chi connectivity index (χ0n) is 11.9. The summed E-state index contributed by atoms with van der Waals surface area (Å²) in [5.41, 5.74) is 0.340. The molecule has 5 nitrogen and oxygen atoms in total. The Morgan fingerprint density at radius 3 is 2.62 bits per heavy atom. The van der Waals surface area contributed by atoms with Crippen LogP contribution in [-0.4, -0.2) is 51.0 Å². The van der Waals surface area contributed by atoms with E-state index in [9.17, 15) is 14.7 Å².